The summed E-state index contributed by atoms with van der Waals surface area (Å²) >= 11 is 1.68. The Kier molecular flexibility index (Phi) is 4.31. The molecule has 0 bridgehead atoms. The minimum absolute atomic E-state index is 0.104. The highest BCUT2D eigenvalue weighted by atomic mass is 32.1. The number of aromatic nitrogens is 4. The SMILES string of the molecule is CCNCc1cn(Cc2nc(C(C)(C)C)cs2)nn1. The zero-order chi connectivity index (χ0) is 13.9. The lowest BCUT2D eigenvalue weighted by Crippen LogP contribution is -2.12. The summed E-state index contributed by atoms with van der Waals surface area (Å²) in [5.41, 5.74) is 2.21. The van der Waals surface area contributed by atoms with Gasteiger partial charge >= 0.3 is 0 Å². The summed E-state index contributed by atoms with van der Waals surface area (Å²) in [6.45, 7) is 11.0. The van der Waals surface area contributed by atoms with Crippen molar-refractivity contribution in [3.63, 3.8) is 0 Å². The van der Waals surface area contributed by atoms with Crippen LogP contribution in [-0.2, 0) is 18.5 Å². The Bertz CT molecular complexity index is 523. The molecule has 0 aromatic carbocycles. The Labute approximate surface area is 118 Å². The zero-order valence-electron chi connectivity index (χ0n) is 12.0. The van der Waals surface area contributed by atoms with Gasteiger partial charge in [-0.2, -0.15) is 0 Å². The summed E-state index contributed by atoms with van der Waals surface area (Å²) in [6.07, 6.45) is 1.97. The van der Waals surface area contributed by atoms with Crippen molar-refractivity contribution in [1.29, 1.82) is 0 Å². The van der Waals surface area contributed by atoms with Crippen LogP contribution in [-0.4, -0.2) is 26.5 Å². The van der Waals surface area contributed by atoms with E-state index in [-0.39, 0.29) is 5.41 Å². The molecule has 2 aromatic rings. The van der Waals surface area contributed by atoms with E-state index in [4.69, 9.17) is 0 Å². The molecule has 2 rings (SSSR count). The van der Waals surface area contributed by atoms with Crippen LogP contribution in [0.2, 0.25) is 0 Å². The van der Waals surface area contributed by atoms with E-state index in [0.29, 0.717) is 6.54 Å². The van der Waals surface area contributed by atoms with Crippen LogP contribution in [0.1, 0.15) is 44.1 Å². The normalized spacial score (nSPS) is 12.0. The van der Waals surface area contributed by atoms with Crippen molar-refractivity contribution < 1.29 is 0 Å². The lowest BCUT2D eigenvalue weighted by Gasteiger charge is -2.14. The Morgan fingerprint density at radius 1 is 1.37 bits per heavy atom. The highest BCUT2D eigenvalue weighted by molar-refractivity contribution is 7.09. The van der Waals surface area contributed by atoms with Crippen molar-refractivity contribution in [1.82, 2.24) is 25.3 Å². The maximum absolute atomic E-state index is 4.66. The van der Waals surface area contributed by atoms with Crippen LogP contribution >= 0.6 is 11.3 Å². The van der Waals surface area contributed by atoms with Gasteiger partial charge in [-0.15, -0.1) is 16.4 Å². The van der Waals surface area contributed by atoms with E-state index in [2.05, 4.69) is 53.7 Å². The van der Waals surface area contributed by atoms with Gasteiger partial charge in [-0.05, 0) is 6.54 Å². The average molecular weight is 279 g/mol. The van der Waals surface area contributed by atoms with E-state index in [1.165, 1.54) is 0 Å². The van der Waals surface area contributed by atoms with E-state index in [9.17, 15) is 0 Å². The minimum atomic E-state index is 0.104. The van der Waals surface area contributed by atoms with Gasteiger partial charge in [0, 0.05) is 17.3 Å². The first-order valence-corrected chi connectivity index (χ1v) is 7.41. The van der Waals surface area contributed by atoms with Crippen LogP contribution in [0.4, 0.5) is 0 Å². The van der Waals surface area contributed by atoms with Gasteiger partial charge in [0.05, 0.1) is 24.1 Å². The first-order chi connectivity index (χ1) is 8.99. The first-order valence-electron chi connectivity index (χ1n) is 6.53. The molecule has 6 heteroatoms. The topological polar surface area (TPSA) is 55.6 Å². The standard InChI is InChI=1S/C13H21N5S/c1-5-14-6-10-7-18(17-16-10)8-12-15-11(9-19-12)13(2,3)4/h7,9,14H,5-6,8H2,1-4H3. The van der Waals surface area contributed by atoms with Crippen LogP contribution in [0.5, 0.6) is 0 Å². The van der Waals surface area contributed by atoms with Crippen LogP contribution in [0.15, 0.2) is 11.6 Å². The highest BCUT2D eigenvalue weighted by Gasteiger charge is 2.17. The van der Waals surface area contributed by atoms with E-state index in [0.717, 1.165) is 29.5 Å². The molecule has 2 aromatic heterocycles. The van der Waals surface area contributed by atoms with Crippen molar-refractivity contribution >= 4 is 11.3 Å². The van der Waals surface area contributed by atoms with E-state index < -0.39 is 0 Å². The Morgan fingerprint density at radius 2 is 2.16 bits per heavy atom. The number of hydrogen-bond donors (Lipinski definition) is 1. The summed E-state index contributed by atoms with van der Waals surface area (Å²) in [5, 5.41) is 14.7. The van der Waals surface area contributed by atoms with Gasteiger partial charge in [0.1, 0.15) is 5.01 Å². The van der Waals surface area contributed by atoms with Crippen LogP contribution < -0.4 is 5.32 Å². The van der Waals surface area contributed by atoms with E-state index in [1.54, 1.807) is 11.3 Å². The fourth-order valence-electron chi connectivity index (χ4n) is 1.62. The molecule has 0 fully saturated rings. The molecular weight excluding hydrogens is 258 g/mol. The summed E-state index contributed by atoms with van der Waals surface area (Å²) < 4.78 is 1.85. The molecule has 19 heavy (non-hydrogen) atoms. The third-order valence-electron chi connectivity index (χ3n) is 2.76. The molecule has 0 aliphatic carbocycles. The van der Waals surface area contributed by atoms with Gasteiger partial charge in [-0.1, -0.05) is 32.9 Å². The predicted molar refractivity (Wildman–Crippen MR) is 77.3 cm³/mol. The van der Waals surface area contributed by atoms with Crippen molar-refractivity contribution in [2.24, 2.45) is 0 Å². The molecule has 0 amide bonds. The fraction of sp³-hybridized carbons (Fsp3) is 0.615. The van der Waals surface area contributed by atoms with Gasteiger partial charge in [0.25, 0.3) is 0 Å². The smallest absolute Gasteiger partial charge is 0.114 e. The Hall–Kier alpha value is -1.27. The average Bonchev–Trinajstić information content (AvgIpc) is 2.95. The summed E-state index contributed by atoms with van der Waals surface area (Å²) in [5.74, 6) is 0. The maximum Gasteiger partial charge on any atom is 0.114 e. The quantitative estimate of drug-likeness (QED) is 0.911. The molecule has 0 spiro atoms. The first kappa shape index (κ1) is 14.1. The summed E-state index contributed by atoms with van der Waals surface area (Å²) in [4.78, 5) is 4.66. The predicted octanol–water partition coefficient (Wildman–Crippen LogP) is 2.19. The second kappa shape index (κ2) is 5.79. The van der Waals surface area contributed by atoms with Crippen molar-refractivity contribution in [2.45, 2.75) is 46.2 Å². The van der Waals surface area contributed by atoms with Crippen molar-refractivity contribution in [2.75, 3.05) is 6.54 Å². The van der Waals surface area contributed by atoms with E-state index in [1.807, 2.05) is 10.9 Å². The number of hydrogen-bond acceptors (Lipinski definition) is 5. The molecule has 0 saturated heterocycles. The molecular formula is C13H21N5S. The molecule has 0 atom stereocenters. The van der Waals surface area contributed by atoms with Gasteiger partial charge in [0.2, 0.25) is 0 Å². The minimum Gasteiger partial charge on any atom is -0.311 e. The van der Waals surface area contributed by atoms with Gasteiger partial charge in [-0.25, -0.2) is 9.67 Å². The number of thiazole rings is 1. The largest absolute Gasteiger partial charge is 0.311 e. The Morgan fingerprint density at radius 3 is 2.79 bits per heavy atom. The molecule has 0 aliphatic rings. The third kappa shape index (κ3) is 3.84. The molecule has 2 heterocycles. The molecule has 0 unspecified atom stereocenters. The second-order valence-electron chi connectivity index (χ2n) is 5.56. The molecule has 5 nitrogen and oxygen atoms in total. The van der Waals surface area contributed by atoms with Crippen LogP contribution in [0.3, 0.4) is 0 Å². The van der Waals surface area contributed by atoms with Crippen molar-refractivity contribution in [3.8, 4) is 0 Å². The molecule has 104 valence electrons. The molecule has 0 saturated carbocycles. The monoisotopic (exact) mass is 279 g/mol. The van der Waals surface area contributed by atoms with Gasteiger partial charge in [-0.3, -0.25) is 0 Å². The maximum atomic E-state index is 4.66. The number of nitrogens with zero attached hydrogens (tertiary/aromatic N) is 4. The molecule has 0 radical (unpaired) electrons. The third-order valence-corrected chi connectivity index (χ3v) is 3.59. The lowest BCUT2D eigenvalue weighted by molar-refractivity contribution is 0.566. The van der Waals surface area contributed by atoms with E-state index >= 15 is 0 Å². The zero-order valence-corrected chi connectivity index (χ0v) is 12.8. The molecule has 0 aliphatic heterocycles. The summed E-state index contributed by atoms with van der Waals surface area (Å²) in [7, 11) is 0. The number of nitrogens with one attached hydrogen (secondary N) is 1. The van der Waals surface area contributed by atoms with Crippen LogP contribution in [0.25, 0.3) is 0 Å². The fourth-order valence-corrected chi connectivity index (χ4v) is 2.63. The van der Waals surface area contributed by atoms with Crippen LogP contribution in [0, 0.1) is 0 Å². The van der Waals surface area contributed by atoms with Gasteiger partial charge < -0.3 is 5.32 Å². The van der Waals surface area contributed by atoms with Crippen molar-refractivity contribution in [3.05, 3.63) is 28.0 Å². The summed E-state index contributed by atoms with van der Waals surface area (Å²) in [6, 6.07) is 0. The highest BCUT2D eigenvalue weighted by Crippen LogP contribution is 2.24. The second-order valence-corrected chi connectivity index (χ2v) is 6.51. The van der Waals surface area contributed by atoms with Gasteiger partial charge in [0.15, 0.2) is 0 Å². The lowest BCUT2D eigenvalue weighted by atomic mass is 9.93. The Balaban J connectivity index is 2.01. The number of rotatable bonds is 5. The molecule has 1 N–H and O–H groups in total.